The lowest BCUT2D eigenvalue weighted by atomic mass is 10.0. The van der Waals surface area contributed by atoms with Gasteiger partial charge in [-0.3, -0.25) is 0 Å². The SMILES string of the molecule is CCOC(=O)C1N=COC1c1ccc(OC(F)F)cc1. The van der Waals surface area contributed by atoms with E-state index in [1.807, 2.05) is 0 Å². The zero-order chi connectivity index (χ0) is 14.5. The monoisotopic (exact) mass is 285 g/mol. The van der Waals surface area contributed by atoms with Gasteiger partial charge < -0.3 is 14.2 Å². The summed E-state index contributed by atoms with van der Waals surface area (Å²) < 4.78 is 38.5. The third kappa shape index (κ3) is 3.23. The van der Waals surface area contributed by atoms with Crippen molar-refractivity contribution in [3.05, 3.63) is 29.8 Å². The van der Waals surface area contributed by atoms with Crippen molar-refractivity contribution in [3.63, 3.8) is 0 Å². The Morgan fingerprint density at radius 2 is 2.10 bits per heavy atom. The molecule has 2 rings (SSSR count). The van der Waals surface area contributed by atoms with Crippen LogP contribution >= 0.6 is 0 Å². The number of hydrogen-bond donors (Lipinski definition) is 0. The molecule has 1 aliphatic heterocycles. The molecule has 20 heavy (non-hydrogen) atoms. The van der Waals surface area contributed by atoms with E-state index in [0.29, 0.717) is 5.56 Å². The van der Waals surface area contributed by atoms with E-state index in [4.69, 9.17) is 9.47 Å². The maximum atomic E-state index is 12.0. The molecule has 7 heteroatoms. The van der Waals surface area contributed by atoms with Crippen molar-refractivity contribution < 1.29 is 27.8 Å². The Balaban J connectivity index is 2.09. The first-order chi connectivity index (χ1) is 9.61. The number of halogens is 2. The summed E-state index contributed by atoms with van der Waals surface area (Å²) in [6.45, 7) is -0.930. The molecule has 1 heterocycles. The van der Waals surface area contributed by atoms with E-state index in [1.165, 1.54) is 18.5 Å². The molecule has 108 valence electrons. The third-order valence-corrected chi connectivity index (χ3v) is 2.68. The van der Waals surface area contributed by atoms with Crippen LogP contribution < -0.4 is 4.74 Å². The molecule has 0 fully saturated rings. The third-order valence-electron chi connectivity index (χ3n) is 2.68. The number of ether oxygens (including phenoxy) is 3. The number of hydrogen-bond acceptors (Lipinski definition) is 5. The number of carbonyl (C=O) groups excluding carboxylic acids is 1. The molecule has 0 amide bonds. The van der Waals surface area contributed by atoms with Crippen LogP contribution in [0, 0.1) is 0 Å². The smallest absolute Gasteiger partial charge is 0.387 e. The van der Waals surface area contributed by atoms with Crippen molar-refractivity contribution in [2.75, 3.05) is 6.61 Å². The highest BCUT2D eigenvalue weighted by Crippen LogP contribution is 2.29. The van der Waals surface area contributed by atoms with Crippen LogP contribution in [-0.2, 0) is 14.3 Å². The van der Waals surface area contributed by atoms with E-state index in [9.17, 15) is 13.6 Å². The number of benzene rings is 1. The van der Waals surface area contributed by atoms with Crippen molar-refractivity contribution in [2.24, 2.45) is 4.99 Å². The molecule has 0 saturated heterocycles. The Hall–Kier alpha value is -2.18. The van der Waals surface area contributed by atoms with Crippen molar-refractivity contribution in [1.29, 1.82) is 0 Å². The standard InChI is InChI=1S/C13H13F2NO4/c1-2-18-12(17)10-11(19-7-16-10)8-3-5-9(6-4-8)20-13(14)15/h3-7,10-11,13H,2H2,1H3. The van der Waals surface area contributed by atoms with Gasteiger partial charge in [-0.25, -0.2) is 9.79 Å². The van der Waals surface area contributed by atoms with Gasteiger partial charge in [-0.2, -0.15) is 8.78 Å². The van der Waals surface area contributed by atoms with Crippen LogP contribution in [-0.4, -0.2) is 31.6 Å². The molecule has 1 aliphatic rings. The van der Waals surface area contributed by atoms with Gasteiger partial charge in [-0.1, -0.05) is 12.1 Å². The molecule has 0 bridgehead atoms. The molecule has 2 atom stereocenters. The zero-order valence-corrected chi connectivity index (χ0v) is 10.7. The van der Waals surface area contributed by atoms with Crippen LogP contribution in [0.4, 0.5) is 8.78 Å². The van der Waals surface area contributed by atoms with Crippen LogP contribution in [0.15, 0.2) is 29.3 Å². The van der Waals surface area contributed by atoms with Gasteiger partial charge in [-0.05, 0) is 24.6 Å². The quantitative estimate of drug-likeness (QED) is 0.779. The second-order valence-corrected chi connectivity index (χ2v) is 3.96. The fourth-order valence-electron chi connectivity index (χ4n) is 1.83. The molecular weight excluding hydrogens is 272 g/mol. The van der Waals surface area contributed by atoms with Gasteiger partial charge in [0, 0.05) is 0 Å². The zero-order valence-electron chi connectivity index (χ0n) is 10.7. The Kier molecular flexibility index (Phi) is 4.49. The Bertz CT molecular complexity index is 490. The van der Waals surface area contributed by atoms with Crippen molar-refractivity contribution >= 4 is 12.4 Å². The fraction of sp³-hybridized carbons (Fsp3) is 0.385. The molecule has 0 N–H and O–H groups in total. The topological polar surface area (TPSA) is 57.1 Å². The second-order valence-electron chi connectivity index (χ2n) is 3.96. The van der Waals surface area contributed by atoms with Crippen LogP contribution in [0.5, 0.6) is 5.75 Å². The van der Waals surface area contributed by atoms with Gasteiger partial charge in [0.2, 0.25) is 0 Å². The lowest BCUT2D eigenvalue weighted by Crippen LogP contribution is -2.26. The average molecular weight is 285 g/mol. The lowest BCUT2D eigenvalue weighted by Gasteiger charge is -2.16. The average Bonchev–Trinajstić information content (AvgIpc) is 2.88. The minimum Gasteiger partial charge on any atom is -0.473 e. The highest BCUT2D eigenvalue weighted by molar-refractivity contribution is 5.80. The molecule has 0 aliphatic carbocycles. The fourth-order valence-corrected chi connectivity index (χ4v) is 1.83. The number of alkyl halides is 2. The summed E-state index contributed by atoms with van der Waals surface area (Å²) in [5.74, 6) is -0.450. The van der Waals surface area contributed by atoms with Gasteiger partial charge in [0.05, 0.1) is 6.61 Å². The molecule has 1 aromatic carbocycles. The van der Waals surface area contributed by atoms with Gasteiger partial charge in [-0.15, -0.1) is 0 Å². The molecule has 1 aromatic rings. The number of aliphatic imine (C=N–C) groups is 1. The summed E-state index contributed by atoms with van der Waals surface area (Å²) in [4.78, 5) is 15.6. The number of esters is 1. The van der Waals surface area contributed by atoms with Crippen molar-refractivity contribution in [1.82, 2.24) is 0 Å². The first kappa shape index (κ1) is 14.2. The summed E-state index contributed by atoms with van der Waals surface area (Å²) in [5.41, 5.74) is 0.627. The van der Waals surface area contributed by atoms with Crippen LogP contribution in [0.1, 0.15) is 18.6 Å². The van der Waals surface area contributed by atoms with Crippen LogP contribution in [0.3, 0.4) is 0 Å². The summed E-state index contributed by atoms with van der Waals surface area (Å²) in [6.07, 6.45) is 0.574. The highest BCUT2D eigenvalue weighted by Gasteiger charge is 2.35. The van der Waals surface area contributed by atoms with Gasteiger partial charge in [0.15, 0.2) is 18.5 Å². The largest absolute Gasteiger partial charge is 0.473 e. The number of nitrogens with zero attached hydrogens (tertiary/aromatic N) is 1. The molecule has 2 unspecified atom stereocenters. The minimum atomic E-state index is -2.88. The number of carbonyl (C=O) groups is 1. The number of rotatable bonds is 5. The second kappa shape index (κ2) is 6.31. The van der Waals surface area contributed by atoms with E-state index in [2.05, 4.69) is 9.73 Å². The van der Waals surface area contributed by atoms with Crippen LogP contribution in [0.25, 0.3) is 0 Å². The summed E-state index contributed by atoms with van der Waals surface area (Å²) in [5, 5.41) is 0. The Morgan fingerprint density at radius 1 is 1.40 bits per heavy atom. The normalized spacial score (nSPS) is 20.8. The van der Waals surface area contributed by atoms with E-state index in [0.717, 1.165) is 0 Å². The van der Waals surface area contributed by atoms with E-state index in [-0.39, 0.29) is 12.4 Å². The maximum absolute atomic E-state index is 12.0. The predicted octanol–water partition coefficient (Wildman–Crippen LogP) is 2.32. The predicted molar refractivity (Wildman–Crippen MR) is 65.8 cm³/mol. The van der Waals surface area contributed by atoms with Crippen LogP contribution in [0.2, 0.25) is 0 Å². The Labute approximate surface area is 114 Å². The minimum absolute atomic E-state index is 0.0374. The van der Waals surface area contributed by atoms with E-state index in [1.54, 1.807) is 19.1 Å². The Morgan fingerprint density at radius 3 is 2.70 bits per heavy atom. The van der Waals surface area contributed by atoms with Gasteiger partial charge >= 0.3 is 12.6 Å². The summed E-state index contributed by atoms with van der Waals surface area (Å²) in [6, 6.07) is 5.07. The van der Waals surface area contributed by atoms with Crippen molar-refractivity contribution in [2.45, 2.75) is 25.7 Å². The highest BCUT2D eigenvalue weighted by atomic mass is 19.3. The van der Waals surface area contributed by atoms with Crippen molar-refractivity contribution in [3.8, 4) is 5.75 Å². The van der Waals surface area contributed by atoms with E-state index >= 15 is 0 Å². The molecule has 5 nitrogen and oxygen atoms in total. The lowest BCUT2D eigenvalue weighted by molar-refractivity contribution is -0.146. The molecule has 0 radical (unpaired) electrons. The maximum Gasteiger partial charge on any atom is 0.387 e. The first-order valence-electron chi connectivity index (χ1n) is 6.00. The molecule has 0 aromatic heterocycles. The molecule has 0 saturated carbocycles. The van der Waals surface area contributed by atoms with Gasteiger partial charge in [0.25, 0.3) is 0 Å². The molecular formula is C13H13F2NO4. The summed E-state index contributed by atoms with van der Waals surface area (Å²) >= 11 is 0. The first-order valence-corrected chi connectivity index (χ1v) is 6.00. The summed E-state index contributed by atoms with van der Waals surface area (Å²) in [7, 11) is 0. The van der Waals surface area contributed by atoms with Gasteiger partial charge in [0.1, 0.15) is 5.75 Å². The van der Waals surface area contributed by atoms with E-state index < -0.39 is 24.7 Å². The molecule has 0 spiro atoms.